The SMILES string of the molecule is OCC1(NCC2CCC(c3nnn4cnc5[nH]ccc5c34)CC2)CC1. The lowest BCUT2D eigenvalue weighted by atomic mass is 9.80. The van der Waals surface area contributed by atoms with E-state index in [0.29, 0.717) is 11.8 Å². The summed E-state index contributed by atoms with van der Waals surface area (Å²) in [6.45, 7) is 1.30. The van der Waals surface area contributed by atoms with Crippen molar-refractivity contribution >= 4 is 16.6 Å². The van der Waals surface area contributed by atoms with Crippen LogP contribution in [0.4, 0.5) is 0 Å². The van der Waals surface area contributed by atoms with Crippen molar-refractivity contribution in [2.24, 2.45) is 5.92 Å². The lowest BCUT2D eigenvalue weighted by molar-refractivity contribution is 0.215. The highest BCUT2D eigenvalue weighted by molar-refractivity contribution is 5.92. The number of aliphatic hydroxyl groups excluding tert-OH is 1. The van der Waals surface area contributed by atoms with E-state index in [1.807, 2.05) is 6.20 Å². The molecule has 5 rings (SSSR count). The molecule has 0 amide bonds. The number of nitrogens with zero attached hydrogens (tertiary/aromatic N) is 4. The molecule has 25 heavy (non-hydrogen) atoms. The van der Waals surface area contributed by atoms with Crippen LogP contribution < -0.4 is 5.32 Å². The minimum absolute atomic E-state index is 0.0493. The molecule has 3 heterocycles. The van der Waals surface area contributed by atoms with Crippen molar-refractivity contribution in [2.45, 2.75) is 50.0 Å². The molecule has 0 radical (unpaired) electrons. The van der Waals surface area contributed by atoms with E-state index in [1.165, 1.54) is 12.8 Å². The second-order valence-corrected chi connectivity index (χ2v) is 7.79. The molecule has 132 valence electrons. The van der Waals surface area contributed by atoms with Crippen LogP contribution in [0.2, 0.25) is 0 Å². The molecule has 7 nitrogen and oxygen atoms in total. The molecule has 2 saturated carbocycles. The molecule has 0 spiro atoms. The number of aliphatic hydroxyl groups is 1. The maximum atomic E-state index is 9.43. The largest absolute Gasteiger partial charge is 0.394 e. The molecular formula is C18H24N6O. The molecule has 0 unspecified atom stereocenters. The summed E-state index contributed by atoms with van der Waals surface area (Å²) in [6, 6.07) is 2.06. The third kappa shape index (κ3) is 2.62. The van der Waals surface area contributed by atoms with Gasteiger partial charge in [-0.2, -0.15) is 0 Å². The summed E-state index contributed by atoms with van der Waals surface area (Å²) in [5.74, 6) is 1.18. The lowest BCUT2D eigenvalue weighted by Crippen LogP contribution is -2.38. The first-order valence-electron chi connectivity index (χ1n) is 9.31. The quantitative estimate of drug-likeness (QED) is 0.661. The Morgan fingerprint density at radius 2 is 2.12 bits per heavy atom. The molecule has 0 saturated heterocycles. The highest BCUT2D eigenvalue weighted by Crippen LogP contribution is 2.39. The first kappa shape index (κ1) is 15.3. The molecule has 0 atom stereocenters. The predicted molar refractivity (Wildman–Crippen MR) is 94.4 cm³/mol. The van der Waals surface area contributed by atoms with Crippen molar-refractivity contribution < 1.29 is 5.11 Å². The van der Waals surface area contributed by atoms with E-state index in [-0.39, 0.29) is 12.1 Å². The topological polar surface area (TPSA) is 91.1 Å². The predicted octanol–water partition coefficient (Wildman–Crippen LogP) is 1.99. The third-order valence-electron chi connectivity index (χ3n) is 6.15. The zero-order valence-corrected chi connectivity index (χ0v) is 14.3. The number of hydrogen-bond donors (Lipinski definition) is 3. The lowest BCUT2D eigenvalue weighted by Gasteiger charge is -2.29. The molecule has 0 bridgehead atoms. The summed E-state index contributed by atoms with van der Waals surface area (Å²) < 4.78 is 1.80. The van der Waals surface area contributed by atoms with Crippen LogP contribution in [0.5, 0.6) is 0 Å². The zero-order chi connectivity index (χ0) is 16.9. The van der Waals surface area contributed by atoms with Crippen LogP contribution in [0.15, 0.2) is 18.6 Å². The number of H-pyrrole nitrogens is 1. The molecule has 2 aliphatic rings. The fourth-order valence-corrected chi connectivity index (χ4v) is 4.24. The van der Waals surface area contributed by atoms with Gasteiger partial charge in [0.2, 0.25) is 0 Å². The molecule has 3 N–H and O–H groups in total. The number of aromatic amines is 1. The fourth-order valence-electron chi connectivity index (χ4n) is 4.24. The maximum absolute atomic E-state index is 9.43. The highest BCUT2D eigenvalue weighted by Gasteiger charge is 2.42. The van der Waals surface area contributed by atoms with Gasteiger partial charge in [-0.05, 0) is 57.1 Å². The van der Waals surface area contributed by atoms with Gasteiger partial charge in [0.1, 0.15) is 17.5 Å². The zero-order valence-electron chi connectivity index (χ0n) is 14.3. The van der Waals surface area contributed by atoms with Gasteiger partial charge in [0.05, 0.1) is 12.3 Å². The second kappa shape index (κ2) is 5.78. The van der Waals surface area contributed by atoms with Crippen molar-refractivity contribution in [3.63, 3.8) is 0 Å². The van der Waals surface area contributed by atoms with E-state index >= 15 is 0 Å². The van der Waals surface area contributed by atoms with Crippen molar-refractivity contribution in [3.05, 3.63) is 24.3 Å². The van der Waals surface area contributed by atoms with Gasteiger partial charge >= 0.3 is 0 Å². The third-order valence-corrected chi connectivity index (χ3v) is 6.15. The first-order chi connectivity index (χ1) is 12.3. The van der Waals surface area contributed by atoms with Crippen LogP contribution in [0.1, 0.15) is 50.1 Å². The van der Waals surface area contributed by atoms with Crippen LogP contribution >= 0.6 is 0 Å². The minimum Gasteiger partial charge on any atom is -0.394 e. The number of fused-ring (bicyclic) bond motifs is 3. The molecule has 7 heteroatoms. The van der Waals surface area contributed by atoms with Gasteiger partial charge in [0.25, 0.3) is 0 Å². The van der Waals surface area contributed by atoms with Gasteiger partial charge in [-0.25, -0.2) is 9.50 Å². The normalized spacial score (nSPS) is 25.6. The Hall–Kier alpha value is -1.99. The number of hydrogen-bond acceptors (Lipinski definition) is 5. The van der Waals surface area contributed by atoms with Crippen molar-refractivity contribution in [2.75, 3.05) is 13.2 Å². The van der Waals surface area contributed by atoms with E-state index < -0.39 is 0 Å². The Morgan fingerprint density at radius 1 is 1.28 bits per heavy atom. The molecule has 2 fully saturated rings. The number of rotatable bonds is 5. The summed E-state index contributed by atoms with van der Waals surface area (Å²) in [5.41, 5.74) is 3.17. The number of aromatic nitrogens is 5. The van der Waals surface area contributed by atoms with Gasteiger partial charge in [-0.1, -0.05) is 5.21 Å². The van der Waals surface area contributed by atoms with Gasteiger partial charge in [0, 0.05) is 23.0 Å². The van der Waals surface area contributed by atoms with Crippen molar-refractivity contribution in [1.82, 2.24) is 30.1 Å². The molecule has 0 aliphatic heterocycles. The Kier molecular flexibility index (Phi) is 3.53. The highest BCUT2D eigenvalue weighted by atomic mass is 16.3. The Morgan fingerprint density at radius 3 is 2.88 bits per heavy atom. The van der Waals surface area contributed by atoms with Crippen LogP contribution in [0.25, 0.3) is 16.6 Å². The minimum atomic E-state index is 0.0493. The monoisotopic (exact) mass is 340 g/mol. The summed E-state index contributed by atoms with van der Waals surface area (Å²) >= 11 is 0. The average Bonchev–Trinajstić information content (AvgIpc) is 3.06. The smallest absolute Gasteiger partial charge is 0.141 e. The van der Waals surface area contributed by atoms with Crippen molar-refractivity contribution in [3.8, 4) is 0 Å². The standard InChI is InChI=1S/C18H24N6O/c25-10-18(6-7-18)21-9-12-1-3-13(4-2-12)15-16-14-5-8-19-17(14)20-11-24(16)23-22-15/h5,8,11-13,19,21,25H,1-4,6-7,9-10H2. The van der Waals surface area contributed by atoms with Gasteiger partial charge in [-0.15, -0.1) is 5.10 Å². The summed E-state index contributed by atoms with van der Waals surface area (Å²) in [4.78, 5) is 7.55. The van der Waals surface area contributed by atoms with Crippen molar-refractivity contribution in [1.29, 1.82) is 0 Å². The molecular weight excluding hydrogens is 316 g/mol. The van der Waals surface area contributed by atoms with E-state index in [0.717, 1.165) is 54.5 Å². The molecule has 0 aromatic carbocycles. The van der Waals surface area contributed by atoms with Gasteiger partial charge < -0.3 is 15.4 Å². The Balaban J connectivity index is 1.31. The van der Waals surface area contributed by atoms with E-state index in [4.69, 9.17) is 0 Å². The van der Waals surface area contributed by atoms with E-state index in [1.54, 1.807) is 10.8 Å². The first-order valence-corrected chi connectivity index (χ1v) is 9.31. The Labute approximate surface area is 145 Å². The van der Waals surface area contributed by atoms with Gasteiger partial charge in [0.15, 0.2) is 0 Å². The van der Waals surface area contributed by atoms with Crippen LogP contribution in [-0.2, 0) is 0 Å². The average molecular weight is 340 g/mol. The van der Waals surface area contributed by atoms with Gasteiger partial charge in [-0.3, -0.25) is 0 Å². The maximum Gasteiger partial charge on any atom is 0.141 e. The molecule has 3 aromatic rings. The molecule has 2 aliphatic carbocycles. The summed E-state index contributed by atoms with van der Waals surface area (Å²) in [7, 11) is 0. The van der Waals surface area contributed by atoms with E-state index in [2.05, 4.69) is 31.7 Å². The fraction of sp³-hybridized carbons (Fsp3) is 0.611. The van der Waals surface area contributed by atoms with E-state index in [9.17, 15) is 5.11 Å². The number of nitrogens with one attached hydrogen (secondary N) is 2. The summed E-state index contributed by atoms with van der Waals surface area (Å²) in [5, 5.41) is 22.9. The van der Waals surface area contributed by atoms with Crippen LogP contribution in [0, 0.1) is 5.92 Å². The van der Waals surface area contributed by atoms with Crippen LogP contribution in [0.3, 0.4) is 0 Å². The summed E-state index contributed by atoms with van der Waals surface area (Å²) in [6.07, 6.45) is 10.6. The molecule has 3 aromatic heterocycles. The van der Waals surface area contributed by atoms with Crippen LogP contribution in [-0.4, -0.2) is 48.6 Å². The Bertz CT molecular complexity index is 887. The second-order valence-electron chi connectivity index (χ2n) is 7.79.